The predicted octanol–water partition coefficient (Wildman–Crippen LogP) is 11.2. The van der Waals surface area contributed by atoms with Crippen molar-refractivity contribution in [1.82, 2.24) is 9.97 Å². The Morgan fingerprint density at radius 1 is 0.632 bits per heavy atom. The van der Waals surface area contributed by atoms with E-state index in [9.17, 15) is 0 Å². The van der Waals surface area contributed by atoms with Crippen molar-refractivity contribution in [2.75, 3.05) is 0 Å². The Hall–Kier alpha value is -1.70. The molecule has 2 aromatic rings. The van der Waals surface area contributed by atoms with Gasteiger partial charge in [0.1, 0.15) is 5.82 Å². The molecule has 2 nitrogen and oxygen atoms in total. The van der Waals surface area contributed by atoms with Gasteiger partial charge in [-0.05, 0) is 49.1 Å². The van der Waals surface area contributed by atoms with Crippen LogP contribution in [-0.4, -0.2) is 9.97 Å². The predicted molar refractivity (Wildman–Crippen MR) is 166 cm³/mol. The van der Waals surface area contributed by atoms with Crippen molar-refractivity contribution in [3.8, 4) is 11.1 Å². The van der Waals surface area contributed by atoms with Gasteiger partial charge in [-0.2, -0.15) is 0 Å². The molecule has 0 saturated heterocycles. The third-order valence-electron chi connectivity index (χ3n) is 9.07. The molecule has 0 N–H and O–H groups in total. The van der Waals surface area contributed by atoms with Gasteiger partial charge in [-0.15, -0.1) is 0 Å². The summed E-state index contributed by atoms with van der Waals surface area (Å²) < 4.78 is 0. The summed E-state index contributed by atoms with van der Waals surface area (Å²) in [5.74, 6) is 2.91. The Morgan fingerprint density at radius 3 is 1.79 bits per heavy atom. The molecule has 3 rings (SSSR count). The molecule has 1 aromatic carbocycles. The van der Waals surface area contributed by atoms with Crippen LogP contribution < -0.4 is 0 Å². The maximum atomic E-state index is 4.92. The minimum Gasteiger partial charge on any atom is -0.241 e. The van der Waals surface area contributed by atoms with Crippen LogP contribution in [0.15, 0.2) is 30.5 Å². The van der Waals surface area contributed by atoms with Crippen LogP contribution in [0.4, 0.5) is 0 Å². The monoisotopic (exact) mass is 518 g/mol. The van der Waals surface area contributed by atoms with E-state index in [1.54, 1.807) is 0 Å². The van der Waals surface area contributed by atoms with E-state index in [-0.39, 0.29) is 0 Å². The molecule has 0 radical (unpaired) electrons. The standard InChI is InChI=1S/C36H58N2/c1-4-6-8-9-10-11-12-13-14-16-18-32-23-26-34(27-24-32)35-29-37-36(38-30(35)3)28-25-33-21-19-31(20-22-33)17-15-7-5-2/h23-24,26-27,29,31,33H,4-22,25,28H2,1-3H3. The lowest BCUT2D eigenvalue weighted by molar-refractivity contribution is 0.248. The van der Waals surface area contributed by atoms with Gasteiger partial charge in [0.2, 0.25) is 0 Å². The molecule has 1 heterocycles. The van der Waals surface area contributed by atoms with Gasteiger partial charge in [0.15, 0.2) is 0 Å². The third kappa shape index (κ3) is 11.6. The van der Waals surface area contributed by atoms with Crippen LogP contribution in [-0.2, 0) is 12.8 Å². The van der Waals surface area contributed by atoms with E-state index in [1.165, 1.54) is 145 Å². The highest BCUT2D eigenvalue weighted by molar-refractivity contribution is 5.65. The summed E-state index contributed by atoms with van der Waals surface area (Å²) in [5, 5.41) is 0. The molecule has 2 heteroatoms. The number of aromatic nitrogens is 2. The van der Waals surface area contributed by atoms with E-state index in [1.807, 2.05) is 0 Å². The van der Waals surface area contributed by atoms with Crippen molar-refractivity contribution >= 4 is 0 Å². The molecule has 1 fully saturated rings. The van der Waals surface area contributed by atoms with Gasteiger partial charge in [-0.1, -0.05) is 147 Å². The first kappa shape index (κ1) is 30.8. The molecule has 0 amide bonds. The Balaban J connectivity index is 1.33. The number of hydrogen-bond donors (Lipinski definition) is 0. The Labute approximate surface area is 235 Å². The van der Waals surface area contributed by atoms with Crippen LogP contribution in [0.2, 0.25) is 0 Å². The first-order chi connectivity index (χ1) is 18.7. The molecule has 38 heavy (non-hydrogen) atoms. The van der Waals surface area contributed by atoms with E-state index in [4.69, 9.17) is 9.97 Å². The van der Waals surface area contributed by atoms with Crippen LogP contribution in [0.25, 0.3) is 11.1 Å². The third-order valence-corrected chi connectivity index (χ3v) is 9.07. The molecule has 1 aromatic heterocycles. The van der Waals surface area contributed by atoms with Gasteiger partial charge < -0.3 is 0 Å². The van der Waals surface area contributed by atoms with Crippen LogP contribution in [0.3, 0.4) is 0 Å². The highest BCUT2D eigenvalue weighted by Crippen LogP contribution is 2.34. The largest absolute Gasteiger partial charge is 0.241 e. The lowest BCUT2D eigenvalue weighted by Crippen LogP contribution is -2.15. The molecule has 0 unspecified atom stereocenters. The average molecular weight is 519 g/mol. The summed E-state index contributed by atoms with van der Waals surface area (Å²) in [4.78, 5) is 9.70. The molecular weight excluding hydrogens is 460 g/mol. The summed E-state index contributed by atoms with van der Waals surface area (Å²) in [5.41, 5.74) is 5.02. The number of benzene rings is 1. The van der Waals surface area contributed by atoms with Gasteiger partial charge in [-0.3, -0.25) is 0 Å². The number of aryl methyl sites for hydroxylation is 3. The second-order valence-corrected chi connectivity index (χ2v) is 12.3. The van der Waals surface area contributed by atoms with Crippen LogP contribution in [0.1, 0.15) is 153 Å². The maximum absolute atomic E-state index is 4.92. The quantitative estimate of drug-likeness (QED) is 0.173. The van der Waals surface area contributed by atoms with E-state index in [0.717, 1.165) is 29.8 Å². The Kier molecular flexibility index (Phi) is 15.1. The molecule has 0 aliphatic heterocycles. The SMILES string of the molecule is CCCCCCCCCCCCc1ccc(-c2cnc(CCC3CCC(CCCCC)CC3)nc2C)cc1. The smallest absolute Gasteiger partial charge is 0.128 e. The minimum absolute atomic E-state index is 0.879. The van der Waals surface area contributed by atoms with Crippen molar-refractivity contribution in [2.45, 2.75) is 156 Å². The summed E-state index contributed by atoms with van der Waals surface area (Å²) in [6.45, 7) is 6.75. The zero-order chi connectivity index (χ0) is 26.8. The highest BCUT2D eigenvalue weighted by Gasteiger charge is 2.21. The molecule has 1 aliphatic rings. The molecule has 0 atom stereocenters. The van der Waals surface area contributed by atoms with E-state index >= 15 is 0 Å². The summed E-state index contributed by atoms with van der Waals surface area (Å²) in [6.07, 6.45) is 30.9. The number of unbranched alkanes of at least 4 members (excludes halogenated alkanes) is 11. The molecule has 0 bridgehead atoms. The number of rotatable bonds is 19. The fourth-order valence-corrected chi connectivity index (χ4v) is 6.41. The van der Waals surface area contributed by atoms with Gasteiger partial charge >= 0.3 is 0 Å². The van der Waals surface area contributed by atoms with Gasteiger partial charge in [0.05, 0.1) is 0 Å². The van der Waals surface area contributed by atoms with Crippen molar-refractivity contribution in [3.05, 3.63) is 47.5 Å². The maximum Gasteiger partial charge on any atom is 0.128 e. The van der Waals surface area contributed by atoms with E-state index in [2.05, 4.69) is 51.2 Å². The zero-order valence-electron chi connectivity index (χ0n) is 25.3. The fraction of sp³-hybridized carbons (Fsp3) is 0.722. The second-order valence-electron chi connectivity index (χ2n) is 12.3. The van der Waals surface area contributed by atoms with Crippen molar-refractivity contribution in [1.29, 1.82) is 0 Å². The van der Waals surface area contributed by atoms with E-state index in [0.29, 0.717) is 0 Å². The molecule has 212 valence electrons. The molecular formula is C36H58N2. The summed E-state index contributed by atoms with van der Waals surface area (Å²) in [7, 11) is 0. The highest BCUT2D eigenvalue weighted by atomic mass is 14.9. The lowest BCUT2D eigenvalue weighted by atomic mass is 9.78. The molecule has 1 saturated carbocycles. The number of nitrogens with zero attached hydrogens (tertiary/aromatic N) is 2. The topological polar surface area (TPSA) is 25.8 Å². The average Bonchev–Trinajstić information content (AvgIpc) is 2.94. The van der Waals surface area contributed by atoms with Crippen LogP contribution >= 0.6 is 0 Å². The van der Waals surface area contributed by atoms with Crippen LogP contribution in [0.5, 0.6) is 0 Å². The molecule has 0 spiro atoms. The van der Waals surface area contributed by atoms with Crippen molar-refractivity contribution < 1.29 is 0 Å². The normalized spacial score (nSPS) is 17.7. The Morgan fingerprint density at radius 2 is 1.18 bits per heavy atom. The fourth-order valence-electron chi connectivity index (χ4n) is 6.41. The van der Waals surface area contributed by atoms with Crippen LogP contribution in [0, 0.1) is 18.8 Å². The first-order valence-electron chi connectivity index (χ1n) is 16.6. The van der Waals surface area contributed by atoms with Gasteiger partial charge in [0.25, 0.3) is 0 Å². The molecule has 1 aliphatic carbocycles. The van der Waals surface area contributed by atoms with Crippen molar-refractivity contribution in [2.24, 2.45) is 11.8 Å². The van der Waals surface area contributed by atoms with Gasteiger partial charge in [-0.25, -0.2) is 9.97 Å². The Bertz CT molecular complexity index is 863. The summed E-state index contributed by atoms with van der Waals surface area (Å²) in [6, 6.07) is 9.18. The number of hydrogen-bond acceptors (Lipinski definition) is 2. The lowest BCUT2D eigenvalue weighted by Gasteiger charge is -2.28. The second kappa shape index (κ2) is 18.6. The minimum atomic E-state index is 0.879. The van der Waals surface area contributed by atoms with Crippen molar-refractivity contribution in [3.63, 3.8) is 0 Å². The first-order valence-corrected chi connectivity index (χ1v) is 16.6. The summed E-state index contributed by atoms with van der Waals surface area (Å²) >= 11 is 0. The van der Waals surface area contributed by atoms with E-state index < -0.39 is 0 Å². The zero-order valence-corrected chi connectivity index (χ0v) is 25.3. The van der Waals surface area contributed by atoms with Gasteiger partial charge in [0, 0.05) is 23.9 Å².